The zero-order valence-corrected chi connectivity index (χ0v) is 16.8. The van der Waals surface area contributed by atoms with E-state index < -0.39 is 55.0 Å². The third-order valence-corrected chi connectivity index (χ3v) is 4.66. The molecule has 0 spiro atoms. The molecule has 1 saturated heterocycles. The van der Waals surface area contributed by atoms with Crippen LogP contribution in [0.1, 0.15) is 23.2 Å². The van der Waals surface area contributed by atoms with E-state index in [1.54, 1.807) is 0 Å². The maximum Gasteiger partial charge on any atom is 0.308 e. The second-order valence-electron chi connectivity index (χ2n) is 7.30. The highest BCUT2D eigenvalue weighted by atomic mass is 16.6. The minimum Gasteiger partial charge on any atom is -0.508 e. The first-order chi connectivity index (χ1) is 15.2. The number of carboxylic acid groups (broad SMARTS) is 1. The van der Waals surface area contributed by atoms with E-state index in [2.05, 4.69) is 26.3 Å². The van der Waals surface area contributed by atoms with Crippen molar-refractivity contribution < 1.29 is 39.2 Å². The average Bonchev–Trinajstić information content (AvgIpc) is 3.05. The van der Waals surface area contributed by atoms with Crippen LogP contribution in [0.15, 0.2) is 23.2 Å². The van der Waals surface area contributed by atoms with E-state index in [1.807, 2.05) is 0 Å². The minimum atomic E-state index is -1.17. The number of cyclic esters (lactones) is 1. The molecule has 1 aromatic carbocycles. The molecular weight excluding hydrogens is 426 g/mol. The molecule has 2 aliphatic rings. The van der Waals surface area contributed by atoms with Crippen LogP contribution in [0.2, 0.25) is 0 Å². The molecule has 3 rings (SSSR count). The highest BCUT2D eigenvalue weighted by Crippen LogP contribution is 2.20. The van der Waals surface area contributed by atoms with Gasteiger partial charge in [-0.2, -0.15) is 0 Å². The number of ether oxygens (including phenoxy) is 1. The van der Waals surface area contributed by atoms with Gasteiger partial charge in [0.1, 0.15) is 11.9 Å². The fourth-order valence-electron chi connectivity index (χ4n) is 3.20. The summed E-state index contributed by atoms with van der Waals surface area (Å²) in [4.78, 5) is 50.9. The fourth-order valence-corrected chi connectivity index (χ4v) is 3.20. The number of carbonyl (C=O) groups excluding carboxylic acids is 3. The zero-order chi connectivity index (χ0) is 23.3. The number of aliphatic carboxylic acids is 1. The lowest BCUT2D eigenvalue weighted by molar-refractivity contribution is -0.146. The summed E-state index contributed by atoms with van der Waals surface area (Å²) >= 11 is 0. The SMILES string of the molecule is O=C(O)CC1OC(=O)CC1NC(=O)CNC(=O)c1cc(O)cc(NC2=NCC(O)CN2)c1. The number of anilines is 1. The van der Waals surface area contributed by atoms with Crippen LogP contribution >= 0.6 is 0 Å². The van der Waals surface area contributed by atoms with Crippen LogP contribution in [0, 0.1) is 0 Å². The Morgan fingerprint density at radius 3 is 2.72 bits per heavy atom. The molecule has 0 bridgehead atoms. The van der Waals surface area contributed by atoms with Gasteiger partial charge in [0.15, 0.2) is 5.96 Å². The molecule has 0 radical (unpaired) electrons. The smallest absolute Gasteiger partial charge is 0.308 e. The summed E-state index contributed by atoms with van der Waals surface area (Å²) in [5.41, 5.74) is 0.431. The first kappa shape index (κ1) is 22.8. The van der Waals surface area contributed by atoms with Crippen molar-refractivity contribution in [3.8, 4) is 5.75 Å². The first-order valence-corrected chi connectivity index (χ1v) is 9.76. The maximum absolute atomic E-state index is 12.4. The molecule has 1 fully saturated rings. The highest BCUT2D eigenvalue weighted by molar-refractivity contribution is 6.00. The van der Waals surface area contributed by atoms with Gasteiger partial charge in [-0.25, -0.2) is 0 Å². The summed E-state index contributed by atoms with van der Waals surface area (Å²) in [6, 6.07) is 3.22. The fraction of sp³-hybridized carbons (Fsp3) is 0.421. The number of β-amino-alcohol motifs (C(OH)–C–C–N with tert-alkyl or cyclic N) is 1. The van der Waals surface area contributed by atoms with Gasteiger partial charge in [-0.1, -0.05) is 0 Å². The standard InChI is InChI=1S/C19H23N5O8/c25-11-2-9(1-10(3-11)23-19-21-6-12(26)7-22-19)18(31)20-8-15(27)24-13-4-17(30)32-14(13)5-16(28)29/h1-3,12-14,25-26H,4-8H2,(H,20,31)(H,24,27)(H,28,29)(H2,21,22,23). The van der Waals surface area contributed by atoms with Gasteiger partial charge in [0.2, 0.25) is 5.91 Å². The number of nitrogens with zero attached hydrogens (tertiary/aromatic N) is 1. The van der Waals surface area contributed by atoms with E-state index in [9.17, 15) is 29.4 Å². The Balaban J connectivity index is 1.55. The minimum absolute atomic E-state index is 0.0693. The van der Waals surface area contributed by atoms with Crippen LogP contribution in [0.4, 0.5) is 5.69 Å². The van der Waals surface area contributed by atoms with Crippen molar-refractivity contribution in [3.05, 3.63) is 23.8 Å². The summed E-state index contributed by atoms with van der Waals surface area (Å²) in [5.74, 6) is -2.88. The number of nitrogens with one attached hydrogen (secondary N) is 4. The lowest BCUT2D eigenvalue weighted by Crippen LogP contribution is -2.45. The van der Waals surface area contributed by atoms with Gasteiger partial charge in [-0.05, 0) is 12.1 Å². The molecule has 13 nitrogen and oxygen atoms in total. The van der Waals surface area contributed by atoms with Crippen molar-refractivity contribution in [2.24, 2.45) is 4.99 Å². The maximum atomic E-state index is 12.4. The van der Waals surface area contributed by atoms with Gasteiger partial charge in [0.25, 0.3) is 5.91 Å². The number of aromatic hydroxyl groups is 1. The molecule has 13 heteroatoms. The van der Waals surface area contributed by atoms with Crippen LogP contribution in [0.25, 0.3) is 0 Å². The number of carboxylic acids is 1. The van der Waals surface area contributed by atoms with Crippen molar-refractivity contribution in [2.45, 2.75) is 31.1 Å². The van der Waals surface area contributed by atoms with E-state index in [0.29, 0.717) is 18.2 Å². The number of esters is 1. The number of aliphatic imine (C=N–C) groups is 1. The van der Waals surface area contributed by atoms with Gasteiger partial charge in [0, 0.05) is 23.9 Å². The van der Waals surface area contributed by atoms with Gasteiger partial charge in [0.05, 0.1) is 38.1 Å². The molecule has 0 aromatic heterocycles. The monoisotopic (exact) mass is 449 g/mol. The molecule has 3 atom stereocenters. The molecule has 32 heavy (non-hydrogen) atoms. The van der Waals surface area contributed by atoms with Crippen molar-refractivity contribution >= 4 is 35.4 Å². The quantitative estimate of drug-likeness (QED) is 0.231. The lowest BCUT2D eigenvalue weighted by atomic mass is 10.1. The number of aliphatic hydroxyl groups excluding tert-OH is 1. The van der Waals surface area contributed by atoms with Crippen LogP contribution in [-0.4, -0.2) is 82.9 Å². The zero-order valence-electron chi connectivity index (χ0n) is 16.8. The molecule has 2 heterocycles. The number of guanidine groups is 1. The topological polar surface area (TPSA) is 199 Å². The molecular formula is C19H23N5O8. The summed E-state index contributed by atoms with van der Waals surface area (Å²) < 4.78 is 4.89. The van der Waals surface area contributed by atoms with Crippen molar-refractivity contribution in [2.75, 3.05) is 25.0 Å². The molecule has 172 valence electrons. The largest absolute Gasteiger partial charge is 0.508 e. The number of rotatable bonds is 7. The van der Waals surface area contributed by atoms with Crippen molar-refractivity contribution in [3.63, 3.8) is 0 Å². The molecule has 7 N–H and O–H groups in total. The van der Waals surface area contributed by atoms with Gasteiger partial charge >= 0.3 is 11.9 Å². The Bertz CT molecular complexity index is 950. The van der Waals surface area contributed by atoms with Gasteiger partial charge < -0.3 is 41.3 Å². The van der Waals surface area contributed by atoms with Crippen molar-refractivity contribution in [1.29, 1.82) is 0 Å². The molecule has 1 aromatic rings. The van der Waals surface area contributed by atoms with Crippen molar-refractivity contribution in [1.82, 2.24) is 16.0 Å². The molecule has 2 amide bonds. The number of hydrogen-bond acceptors (Lipinski definition) is 10. The Kier molecular flexibility index (Phi) is 7.10. The molecule has 0 aliphatic carbocycles. The summed E-state index contributed by atoms with van der Waals surface area (Å²) in [6.07, 6.45) is -2.17. The number of amides is 2. The van der Waals surface area contributed by atoms with E-state index in [4.69, 9.17) is 9.84 Å². The highest BCUT2D eigenvalue weighted by Gasteiger charge is 2.37. The first-order valence-electron chi connectivity index (χ1n) is 9.76. The summed E-state index contributed by atoms with van der Waals surface area (Å²) in [6.45, 7) is 0.0769. The average molecular weight is 449 g/mol. The van der Waals surface area contributed by atoms with E-state index in [0.717, 1.165) is 0 Å². The predicted molar refractivity (Wildman–Crippen MR) is 109 cm³/mol. The number of aliphatic hydroxyl groups is 1. The second-order valence-corrected chi connectivity index (χ2v) is 7.30. The lowest BCUT2D eigenvalue weighted by Gasteiger charge is -2.20. The Morgan fingerprint density at radius 2 is 2.03 bits per heavy atom. The van der Waals surface area contributed by atoms with Crippen LogP contribution in [-0.2, 0) is 19.1 Å². The second kappa shape index (κ2) is 9.96. The Labute approximate surface area is 181 Å². The molecule has 0 saturated carbocycles. The number of phenolic OH excluding ortho intramolecular Hbond substituents is 1. The van der Waals surface area contributed by atoms with Crippen LogP contribution < -0.4 is 21.3 Å². The Morgan fingerprint density at radius 1 is 1.25 bits per heavy atom. The summed E-state index contributed by atoms with van der Waals surface area (Å²) in [5, 5.41) is 38.8. The normalized spacial score (nSPS) is 22.2. The third kappa shape index (κ3) is 6.31. The Hall–Kier alpha value is -3.87. The molecule has 3 unspecified atom stereocenters. The number of benzene rings is 1. The number of hydrogen-bond donors (Lipinski definition) is 7. The van der Waals surface area contributed by atoms with E-state index in [1.165, 1.54) is 18.2 Å². The number of carbonyl (C=O) groups is 4. The summed E-state index contributed by atoms with van der Waals surface area (Å²) in [7, 11) is 0. The predicted octanol–water partition coefficient (Wildman–Crippen LogP) is -1.87. The third-order valence-electron chi connectivity index (χ3n) is 4.66. The van der Waals surface area contributed by atoms with E-state index in [-0.39, 0.29) is 24.3 Å². The molecule has 2 aliphatic heterocycles. The van der Waals surface area contributed by atoms with Gasteiger partial charge in [-0.15, -0.1) is 0 Å². The van der Waals surface area contributed by atoms with Crippen LogP contribution in [0.5, 0.6) is 5.75 Å². The van der Waals surface area contributed by atoms with Gasteiger partial charge in [-0.3, -0.25) is 24.2 Å². The van der Waals surface area contributed by atoms with E-state index >= 15 is 0 Å². The van der Waals surface area contributed by atoms with Crippen LogP contribution in [0.3, 0.4) is 0 Å². The number of phenols is 1.